The largest absolute Gasteiger partial charge is 0.350 e. The predicted molar refractivity (Wildman–Crippen MR) is 70.1 cm³/mol. The van der Waals surface area contributed by atoms with Gasteiger partial charge < -0.3 is 9.88 Å². The summed E-state index contributed by atoms with van der Waals surface area (Å²) >= 11 is 0. The fourth-order valence-corrected chi connectivity index (χ4v) is 1.85. The van der Waals surface area contributed by atoms with E-state index in [2.05, 4.69) is 11.9 Å². The molecule has 0 saturated heterocycles. The number of amides is 1. The third kappa shape index (κ3) is 2.23. The zero-order valence-corrected chi connectivity index (χ0v) is 10.2. The van der Waals surface area contributed by atoms with Crippen LogP contribution in [0.2, 0.25) is 0 Å². The van der Waals surface area contributed by atoms with Crippen molar-refractivity contribution >= 4 is 16.8 Å². The van der Waals surface area contributed by atoms with Crippen molar-refractivity contribution in [3.05, 3.63) is 48.2 Å². The molecule has 0 aliphatic heterocycles. The van der Waals surface area contributed by atoms with Gasteiger partial charge in [-0.1, -0.05) is 30.4 Å². The summed E-state index contributed by atoms with van der Waals surface area (Å²) in [5.41, 5.74) is 2.72. The molecular weight excluding hydrogens is 212 g/mol. The maximum Gasteiger partial charge on any atom is 0.253 e. The Bertz CT molecular complexity index is 581. The van der Waals surface area contributed by atoms with Gasteiger partial charge in [-0.25, -0.2) is 0 Å². The first kappa shape index (κ1) is 11.5. The highest BCUT2D eigenvalue weighted by atomic mass is 16.1. The van der Waals surface area contributed by atoms with E-state index in [1.165, 1.54) is 0 Å². The molecule has 1 aromatic carbocycles. The van der Waals surface area contributed by atoms with Crippen LogP contribution in [0.3, 0.4) is 0 Å². The van der Waals surface area contributed by atoms with E-state index in [4.69, 9.17) is 0 Å². The van der Waals surface area contributed by atoms with Crippen molar-refractivity contribution in [3.8, 4) is 0 Å². The van der Waals surface area contributed by atoms with Crippen LogP contribution in [-0.2, 0) is 7.05 Å². The number of carbonyl (C=O) groups is 1. The molecule has 0 radical (unpaired) electrons. The third-order valence-electron chi connectivity index (χ3n) is 2.69. The molecule has 0 fully saturated rings. The van der Waals surface area contributed by atoms with Crippen LogP contribution >= 0.6 is 0 Å². The Morgan fingerprint density at radius 1 is 1.41 bits per heavy atom. The Labute approximate surface area is 101 Å². The minimum Gasteiger partial charge on any atom is -0.350 e. The zero-order valence-electron chi connectivity index (χ0n) is 10.2. The first-order chi connectivity index (χ1) is 8.09. The molecule has 1 amide bonds. The molecule has 3 nitrogen and oxygen atoms in total. The van der Waals surface area contributed by atoms with Gasteiger partial charge in [0.25, 0.3) is 5.91 Å². The van der Waals surface area contributed by atoms with Gasteiger partial charge in [-0.15, -0.1) is 0 Å². The molecule has 0 unspecified atom stereocenters. The normalized spacial score (nSPS) is 10.5. The molecule has 1 heterocycles. The summed E-state index contributed by atoms with van der Waals surface area (Å²) in [4.78, 5) is 12.0. The fourth-order valence-electron chi connectivity index (χ4n) is 1.85. The number of para-hydroxylation sites is 1. The molecule has 0 aliphatic carbocycles. The number of nitrogens with one attached hydrogen (secondary N) is 1. The first-order valence-corrected chi connectivity index (χ1v) is 5.56. The van der Waals surface area contributed by atoms with Crippen molar-refractivity contribution in [2.75, 3.05) is 6.54 Å². The maximum atomic E-state index is 12.0. The third-order valence-corrected chi connectivity index (χ3v) is 2.69. The summed E-state index contributed by atoms with van der Waals surface area (Å²) in [5, 5.41) is 3.83. The Hall–Kier alpha value is -2.03. The summed E-state index contributed by atoms with van der Waals surface area (Å²) in [6.07, 6.45) is 1.86. The van der Waals surface area contributed by atoms with Crippen molar-refractivity contribution in [1.82, 2.24) is 9.88 Å². The average Bonchev–Trinajstić information content (AvgIpc) is 2.65. The highest BCUT2D eigenvalue weighted by Crippen LogP contribution is 2.19. The van der Waals surface area contributed by atoms with Crippen LogP contribution in [0.15, 0.2) is 42.6 Å². The quantitative estimate of drug-likeness (QED) is 0.805. The van der Waals surface area contributed by atoms with Crippen molar-refractivity contribution in [2.24, 2.45) is 7.05 Å². The molecule has 0 aliphatic rings. The van der Waals surface area contributed by atoms with Crippen LogP contribution in [0.4, 0.5) is 0 Å². The highest BCUT2D eigenvalue weighted by molar-refractivity contribution is 6.07. The second kappa shape index (κ2) is 4.45. The van der Waals surface area contributed by atoms with E-state index in [1.807, 2.05) is 49.0 Å². The number of fused-ring (bicyclic) bond motifs is 1. The minimum atomic E-state index is -0.0511. The Morgan fingerprint density at radius 2 is 2.12 bits per heavy atom. The lowest BCUT2D eigenvalue weighted by atomic mass is 10.1. The lowest BCUT2D eigenvalue weighted by molar-refractivity contribution is 0.0958. The van der Waals surface area contributed by atoms with Gasteiger partial charge in [0.1, 0.15) is 0 Å². The molecule has 0 bridgehead atoms. The summed E-state index contributed by atoms with van der Waals surface area (Å²) in [6.45, 7) is 6.18. The van der Waals surface area contributed by atoms with Crippen LogP contribution < -0.4 is 5.32 Å². The summed E-state index contributed by atoms with van der Waals surface area (Å²) in [5.74, 6) is -0.0511. The monoisotopic (exact) mass is 228 g/mol. The minimum absolute atomic E-state index is 0.0511. The molecule has 88 valence electrons. The number of rotatable bonds is 3. The Kier molecular flexibility index (Phi) is 3.00. The number of benzene rings is 1. The van der Waals surface area contributed by atoms with Crippen molar-refractivity contribution in [2.45, 2.75) is 6.92 Å². The smallest absolute Gasteiger partial charge is 0.253 e. The standard InChI is InChI=1S/C14H16N2O/c1-10(2)8-15-14(17)12-9-16(3)13-7-5-4-6-11(12)13/h4-7,9H,1,8H2,2-3H3,(H,15,17). The Balaban J connectivity index is 2.35. The van der Waals surface area contributed by atoms with E-state index in [-0.39, 0.29) is 5.91 Å². The number of carbonyl (C=O) groups excluding carboxylic acids is 1. The van der Waals surface area contributed by atoms with Crippen LogP contribution in [0, 0.1) is 0 Å². The van der Waals surface area contributed by atoms with Crippen molar-refractivity contribution < 1.29 is 4.79 Å². The molecule has 1 N–H and O–H groups in total. The number of hydrogen-bond acceptors (Lipinski definition) is 1. The molecule has 2 rings (SSSR count). The SMILES string of the molecule is C=C(C)CNC(=O)c1cn(C)c2ccccc12. The van der Waals surface area contributed by atoms with E-state index >= 15 is 0 Å². The van der Waals surface area contributed by atoms with E-state index in [0.29, 0.717) is 12.1 Å². The second-order valence-electron chi connectivity index (χ2n) is 4.31. The topological polar surface area (TPSA) is 34.0 Å². The maximum absolute atomic E-state index is 12.0. The molecule has 0 saturated carbocycles. The van der Waals surface area contributed by atoms with Crippen LogP contribution in [-0.4, -0.2) is 17.0 Å². The number of aryl methyl sites for hydroxylation is 1. The summed E-state index contributed by atoms with van der Waals surface area (Å²) in [6, 6.07) is 7.88. The van der Waals surface area contributed by atoms with Crippen LogP contribution in [0.25, 0.3) is 10.9 Å². The molecule has 17 heavy (non-hydrogen) atoms. The number of aromatic nitrogens is 1. The van der Waals surface area contributed by atoms with Gasteiger partial charge in [0.05, 0.1) is 5.56 Å². The second-order valence-corrected chi connectivity index (χ2v) is 4.31. The molecule has 0 spiro atoms. The highest BCUT2D eigenvalue weighted by Gasteiger charge is 2.12. The molecule has 3 heteroatoms. The average molecular weight is 228 g/mol. The van der Waals surface area contributed by atoms with E-state index in [9.17, 15) is 4.79 Å². The van der Waals surface area contributed by atoms with Crippen molar-refractivity contribution in [1.29, 1.82) is 0 Å². The van der Waals surface area contributed by atoms with E-state index in [0.717, 1.165) is 16.5 Å². The van der Waals surface area contributed by atoms with Gasteiger partial charge in [-0.2, -0.15) is 0 Å². The van der Waals surface area contributed by atoms with Crippen LogP contribution in [0.5, 0.6) is 0 Å². The van der Waals surface area contributed by atoms with Gasteiger partial charge in [0, 0.05) is 30.7 Å². The summed E-state index contributed by atoms with van der Waals surface area (Å²) in [7, 11) is 1.94. The summed E-state index contributed by atoms with van der Waals surface area (Å²) < 4.78 is 1.96. The van der Waals surface area contributed by atoms with Crippen LogP contribution in [0.1, 0.15) is 17.3 Å². The molecule has 2 aromatic rings. The van der Waals surface area contributed by atoms with Gasteiger partial charge in [0.2, 0.25) is 0 Å². The number of nitrogens with zero attached hydrogens (tertiary/aromatic N) is 1. The predicted octanol–water partition coefficient (Wildman–Crippen LogP) is 2.48. The van der Waals surface area contributed by atoms with Gasteiger partial charge >= 0.3 is 0 Å². The Morgan fingerprint density at radius 3 is 2.82 bits per heavy atom. The molecule has 1 aromatic heterocycles. The van der Waals surface area contributed by atoms with Gasteiger partial charge in [-0.05, 0) is 13.0 Å². The van der Waals surface area contributed by atoms with E-state index < -0.39 is 0 Å². The first-order valence-electron chi connectivity index (χ1n) is 5.56. The number of hydrogen-bond donors (Lipinski definition) is 1. The lowest BCUT2D eigenvalue weighted by Crippen LogP contribution is -2.24. The lowest BCUT2D eigenvalue weighted by Gasteiger charge is -2.03. The molecular formula is C14H16N2O. The van der Waals surface area contributed by atoms with Crippen molar-refractivity contribution in [3.63, 3.8) is 0 Å². The fraction of sp³-hybridized carbons (Fsp3) is 0.214. The zero-order chi connectivity index (χ0) is 12.4. The van der Waals surface area contributed by atoms with Gasteiger partial charge in [-0.3, -0.25) is 4.79 Å². The van der Waals surface area contributed by atoms with E-state index in [1.54, 1.807) is 0 Å². The van der Waals surface area contributed by atoms with Gasteiger partial charge in [0.15, 0.2) is 0 Å². The molecule has 0 atom stereocenters.